The molecule has 0 bridgehead atoms. The Morgan fingerprint density at radius 1 is 1.09 bits per heavy atom. The minimum absolute atomic E-state index is 0.00719. The van der Waals surface area contributed by atoms with E-state index < -0.39 is 0 Å². The lowest BCUT2D eigenvalue weighted by Crippen LogP contribution is -2.45. The van der Waals surface area contributed by atoms with Crippen LogP contribution >= 0.6 is 0 Å². The number of hydrogen-bond acceptors (Lipinski definition) is 5. The largest absolute Gasteiger partial charge is 0.354 e. The molecule has 1 atom stereocenters. The summed E-state index contributed by atoms with van der Waals surface area (Å²) < 4.78 is 0. The van der Waals surface area contributed by atoms with E-state index in [2.05, 4.69) is 34.0 Å². The number of pyridine rings is 1. The molecule has 1 saturated carbocycles. The number of carbonyl (C=O) groups is 1. The maximum Gasteiger partial charge on any atom is 0.237 e. The lowest BCUT2D eigenvalue weighted by molar-refractivity contribution is -0.125. The molecule has 3 heterocycles. The van der Waals surface area contributed by atoms with Crippen LogP contribution in [0.2, 0.25) is 0 Å². The van der Waals surface area contributed by atoms with Gasteiger partial charge in [-0.05, 0) is 82.2 Å². The van der Waals surface area contributed by atoms with Gasteiger partial charge in [0.05, 0.1) is 11.7 Å². The number of likely N-dealkylation sites (tertiary alicyclic amines) is 1. The van der Waals surface area contributed by atoms with E-state index in [0.717, 1.165) is 62.3 Å². The topological polar surface area (TPSA) is 71.0 Å². The average molecular weight is 436 g/mol. The second kappa shape index (κ2) is 10.5. The molecule has 0 radical (unpaired) electrons. The number of nitrogens with zero attached hydrogens (tertiary/aromatic N) is 4. The van der Waals surface area contributed by atoms with Crippen molar-refractivity contribution >= 4 is 5.91 Å². The van der Waals surface area contributed by atoms with Crippen LogP contribution in [-0.2, 0) is 4.79 Å². The van der Waals surface area contributed by atoms with Gasteiger partial charge < -0.3 is 5.32 Å². The molecule has 1 amide bonds. The predicted molar refractivity (Wildman–Crippen MR) is 127 cm³/mol. The van der Waals surface area contributed by atoms with E-state index in [1.165, 1.54) is 18.5 Å². The summed E-state index contributed by atoms with van der Waals surface area (Å²) in [5.41, 5.74) is 3.45. The molecule has 6 heteroatoms. The Balaban J connectivity index is 1.38. The molecule has 2 aromatic heterocycles. The quantitative estimate of drug-likeness (QED) is 0.691. The third kappa shape index (κ3) is 5.34. The molecule has 6 nitrogen and oxygen atoms in total. The van der Waals surface area contributed by atoms with Gasteiger partial charge >= 0.3 is 0 Å². The highest BCUT2D eigenvalue weighted by Crippen LogP contribution is 2.39. The normalized spacial score (nSPS) is 22.8. The van der Waals surface area contributed by atoms with Gasteiger partial charge in [0.15, 0.2) is 0 Å². The zero-order chi connectivity index (χ0) is 22.5. The minimum Gasteiger partial charge on any atom is -0.354 e. The van der Waals surface area contributed by atoms with Crippen molar-refractivity contribution in [2.24, 2.45) is 5.92 Å². The Morgan fingerprint density at radius 3 is 2.44 bits per heavy atom. The van der Waals surface area contributed by atoms with Crippen LogP contribution in [0, 0.1) is 5.92 Å². The van der Waals surface area contributed by atoms with E-state index in [4.69, 9.17) is 4.98 Å². The number of rotatable bonds is 7. The summed E-state index contributed by atoms with van der Waals surface area (Å²) in [6, 6.07) is 4.08. The van der Waals surface area contributed by atoms with Gasteiger partial charge in [-0.1, -0.05) is 13.8 Å². The van der Waals surface area contributed by atoms with E-state index in [-0.39, 0.29) is 11.9 Å². The van der Waals surface area contributed by atoms with Crippen LogP contribution in [0.3, 0.4) is 0 Å². The summed E-state index contributed by atoms with van der Waals surface area (Å²) in [5, 5.41) is 3.23. The summed E-state index contributed by atoms with van der Waals surface area (Å²) >= 11 is 0. The number of aromatic nitrogens is 3. The first-order valence-electron chi connectivity index (χ1n) is 12.3. The Bertz CT molecular complexity index is 886. The van der Waals surface area contributed by atoms with Crippen molar-refractivity contribution in [1.29, 1.82) is 0 Å². The van der Waals surface area contributed by atoms with Crippen molar-refractivity contribution in [3.05, 3.63) is 42.2 Å². The highest BCUT2D eigenvalue weighted by atomic mass is 16.2. The van der Waals surface area contributed by atoms with Crippen LogP contribution in [0.5, 0.6) is 0 Å². The van der Waals surface area contributed by atoms with E-state index >= 15 is 0 Å². The van der Waals surface area contributed by atoms with Gasteiger partial charge in [0, 0.05) is 42.5 Å². The average Bonchev–Trinajstić information content (AvgIpc) is 3.37. The van der Waals surface area contributed by atoms with Gasteiger partial charge in [-0.2, -0.15) is 0 Å². The Hall–Kier alpha value is -2.34. The molecule has 0 unspecified atom stereocenters. The zero-order valence-corrected chi connectivity index (χ0v) is 19.8. The molecule has 2 aliphatic rings. The van der Waals surface area contributed by atoms with E-state index in [1.807, 2.05) is 37.6 Å². The molecule has 0 spiro atoms. The van der Waals surface area contributed by atoms with Crippen molar-refractivity contribution in [1.82, 2.24) is 25.2 Å². The van der Waals surface area contributed by atoms with Gasteiger partial charge in [0.25, 0.3) is 0 Å². The Labute approximate surface area is 192 Å². The van der Waals surface area contributed by atoms with Crippen LogP contribution in [0.15, 0.2) is 30.7 Å². The molecule has 1 aliphatic carbocycles. The molecule has 172 valence electrons. The van der Waals surface area contributed by atoms with E-state index in [9.17, 15) is 4.79 Å². The van der Waals surface area contributed by atoms with Crippen molar-refractivity contribution < 1.29 is 4.79 Å². The van der Waals surface area contributed by atoms with Gasteiger partial charge in [0.2, 0.25) is 5.91 Å². The van der Waals surface area contributed by atoms with Gasteiger partial charge in [-0.3, -0.25) is 14.7 Å². The molecule has 1 N–H and O–H groups in total. The lowest BCUT2D eigenvalue weighted by Gasteiger charge is -2.30. The maximum atomic E-state index is 12.6. The molecule has 4 rings (SSSR count). The third-order valence-corrected chi connectivity index (χ3v) is 7.21. The van der Waals surface area contributed by atoms with Crippen molar-refractivity contribution in [3.8, 4) is 11.1 Å². The molecule has 2 aromatic rings. The van der Waals surface area contributed by atoms with E-state index in [0.29, 0.717) is 17.8 Å². The van der Waals surface area contributed by atoms with Crippen LogP contribution in [0.25, 0.3) is 11.1 Å². The first kappa shape index (κ1) is 22.8. The van der Waals surface area contributed by atoms with Gasteiger partial charge in [-0.15, -0.1) is 0 Å². The summed E-state index contributed by atoms with van der Waals surface area (Å²) in [6.45, 7) is 9.23. The van der Waals surface area contributed by atoms with Crippen LogP contribution in [0.1, 0.15) is 82.7 Å². The van der Waals surface area contributed by atoms with Crippen molar-refractivity contribution in [2.75, 3.05) is 19.6 Å². The van der Waals surface area contributed by atoms with Crippen molar-refractivity contribution in [2.45, 2.75) is 77.2 Å². The highest BCUT2D eigenvalue weighted by molar-refractivity contribution is 5.81. The number of carbonyl (C=O) groups excluding carboxylic acids is 1. The fourth-order valence-electron chi connectivity index (χ4n) is 5.08. The fraction of sp³-hybridized carbons (Fsp3) is 0.615. The molecular weight excluding hydrogens is 398 g/mol. The summed E-state index contributed by atoms with van der Waals surface area (Å²) in [6.07, 6.45) is 12.5. The second-order valence-corrected chi connectivity index (χ2v) is 9.80. The first-order chi connectivity index (χ1) is 15.5. The Morgan fingerprint density at radius 2 is 1.78 bits per heavy atom. The molecule has 1 saturated heterocycles. The predicted octanol–water partition coefficient (Wildman–Crippen LogP) is 4.54. The fourth-order valence-corrected chi connectivity index (χ4v) is 5.08. The minimum atomic E-state index is -0.00719. The standard InChI is InChI=1S/C26H37N5O/c1-18(2)25-28-17-23(21-10-12-27-13-11-21)24(30-25)22-8-6-20(7-9-22)16-29-26(32)19(3)31-14-4-5-15-31/h10-13,17-20,22H,4-9,14-16H2,1-3H3,(H,29,32)/t19-,20?,22?/m0/s1. The van der Waals surface area contributed by atoms with Gasteiger partial charge in [0.1, 0.15) is 5.82 Å². The SMILES string of the molecule is CC(C)c1ncc(-c2ccncc2)c(C2CCC(CNC(=O)[C@H](C)N3CCCC3)CC2)n1. The lowest BCUT2D eigenvalue weighted by atomic mass is 9.79. The molecule has 32 heavy (non-hydrogen) atoms. The third-order valence-electron chi connectivity index (χ3n) is 7.21. The van der Waals surface area contributed by atoms with Crippen LogP contribution < -0.4 is 5.32 Å². The molecular formula is C26H37N5O. The number of amides is 1. The maximum absolute atomic E-state index is 12.6. The first-order valence-corrected chi connectivity index (χ1v) is 12.3. The summed E-state index contributed by atoms with van der Waals surface area (Å²) in [5.74, 6) is 2.41. The monoisotopic (exact) mass is 435 g/mol. The number of nitrogens with one attached hydrogen (secondary N) is 1. The van der Waals surface area contributed by atoms with E-state index in [1.54, 1.807) is 0 Å². The summed E-state index contributed by atoms with van der Waals surface area (Å²) in [7, 11) is 0. The smallest absolute Gasteiger partial charge is 0.237 e. The molecule has 2 fully saturated rings. The van der Waals surface area contributed by atoms with Crippen LogP contribution in [0.4, 0.5) is 0 Å². The van der Waals surface area contributed by atoms with Crippen molar-refractivity contribution in [3.63, 3.8) is 0 Å². The zero-order valence-electron chi connectivity index (χ0n) is 19.8. The highest BCUT2D eigenvalue weighted by Gasteiger charge is 2.28. The summed E-state index contributed by atoms with van der Waals surface area (Å²) in [4.78, 5) is 28.7. The van der Waals surface area contributed by atoms with Crippen LogP contribution in [-0.4, -0.2) is 51.4 Å². The Kier molecular flexibility index (Phi) is 7.51. The molecule has 1 aliphatic heterocycles. The van der Waals surface area contributed by atoms with Gasteiger partial charge in [-0.25, -0.2) is 9.97 Å². The second-order valence-electron chi connectivity index (χ2n) is 9.80. The number of hydrogen-bond donors (Lipinski definition) is 1. The molecule has 0 aromatic carbocycles.